The minimum absolute atomic E-state index is 0.648. The Morgan fingerprint density at radius 2 is 0.854 bits per heavy atom. The first kappa shape index (κ1) is 25.0. The molecule has 0 saturated carbocycles. The largest absolute Gasteiger partial charge is 0.241 e. The van der Waals surface area contributed by atoms with E-state index in [1.807, 2.05) is 36.4 Å². The Balaban J connectivity index is 1.26. The highest BCUT2D eigenvalue weighted by molar-refractivity contribution is 7.18. The lowest BCUT2D eigenvalue weighted by Gasteiger charge is -2.10. The highest BCUT2D eigenvalue weighted by Gasteiger charge is 2.13. The van der Waals surface area contributed by atoms with Crippen molar-refractivity contribution in [1.29, 1.82) is 0 Å². The first-order chi connectivity index (χ1) is 20.2. The molecule has 0 spiro atoms. The Kier molecular flexibility index (Phi) is 6.63. The summed E-state index contributed by atoms with van der Waals surface area (Å²) in [5.41, 5.74) is 8.53. The third kappa shape index (κ3) is 5.15. The van der Waals surface area contributed by atoms with E-state index in [0.29, 0.717) is 17.5 Å². The van der Waals surface area contributed by atoms with Crippen molar-refractivity contribution in [3.8, 4) is 56.4 Å². The van der Waals surface area contributed by atoms with Crippen molar-refractivity contribution in [2.24, 2.45) is 0 Å². The van der Waals surface area contributed by atoms with Gasteiger partial charge in [0.1, 0.15) is 0 Å². The summed E-state index contributed by atoms with van der Waals surface area (Å²) in [5.74, 6) is 1.95. The van der Waals surface area contributed by atoms with Crippen LogP contribution in [-0.4, -0.2) is 19.9 Å². The molecule has 5 heteroatoms. The van der Waals surface area contributed by atoms with Gasteiger partial charge in [0.25, 0.3) is 0 Å². The normalized spacial score (nSPS) is 11.1. The van der Waals surface area contributed by atoms with Crippen LogP contribution in [0.1, 0.15) is 11.9 Å². The molecule has 7 aromatic rings. The quantitative estimate of drug-likeness (QED) is 0.208. The van der Waals surface area contributed by atoms with E-state index >= 15 is 0 Å². The zero-order chi connectivity index (χ0) is 27.6. The van der Waals surface area contributed by atoms with Crippen molar-refractivity contribution >= 4 is 21.6 Å². The highest BCUT2D eigenvalue weighted by atomic mass is 32.1. The fraction of sp³-hybridized carbons (Fsp3) is 0.0556. The Morgan fingerprint density at radius 3 is 1.39 bits per heavy atom. The maximum absolute atomic E-state index is 4.93. The second-order valence-electron chi connectivity index (χ2n) is 9.84. The molecule has 0 atom stereocenters. The lowest BCUT2D eigenvalue weighted by molar-refractivity contribution is 1.07. The summed E-state index contributed by atoms with van der Waals surface area (Å²) in [7, 11) is 0. The van der Waals surface area contributed by atoms with Gasteiger partial charge in [-0.1, -0.05) is 122 Å². The lowest BCUT2D eigenvalue weighted by Crippen LogP contribution is -2.00. The molecule has 0 aliphatic heterocycles. The van der Waals surface area contributed by atoms with Crippen molar-refractivity contribution in [3.63, 3.8) is 0 Å². The van der Waals surface area contributed by atoms with Crippen LogP contribution in [0.3, 0.4) is 0 Å². The number of thiazole rings is 1. The second-order valence-corrected chi connectivity index (χ2v) is 11.0. The summed E-state index contributed by atoms with van der Waals surface area (Å²) in [6, 6.07) is 43.8. The van der Waals surface area contributed by atoms with Crippen LogP contribution in [0.25, 0.3) is 66.6 Å². The van der Waals surface area contributed by atoms with Crippen LogP contribution < -0.4 is 0 Å². The van der Waals surface area contributed by atoms with Crippen molar-refractivity contribution < 1.29 is 0 Å². The summed E-state index contributed by atoms with van der Waals surface area (Å²) >= 11 is 1.77. The fourth-order valence-electron chi connectivity index (χ4n) is 4.91. The van der Waals surface area contributed by atoms with E-state index in [9.17, 15) is 0 Å². The number of fused-ring (bicyclic) bond motifs is 1. The van der Waals surface area contributed by atoms with E-state index < -0.39 is 0 Å². The number of aryl methyl sites for hydroxylation is 1. The third-order valence-electron chi connectivity index (χ3n) is 7.13. The smallest absolute Gasteiger partial charge is 0.164 e. The molecule has 2 aromatic heterocycles. The van der Waals surface area contributed by atoms with Crippen LogP contribution in [-0.2, 0) is 6.42 Å². The van der Waals surface area contributed by atoms with Crippen molar-refractivity contribution in [2.45, 2.75) is 13.3 Å². The molecule has 7 rings (SSSR count). The van der Waals surface area contributed by atoms with Gasteiger partial charge in [-0.3, -0.25) is 0 Å². The Bertz CT molecular complexity index is 1950. The monoisotopic (exact) mass is 546 g/mol. The highest BCUT2D eigenvalue weighted by Crippen LogP contribution is 2.31. The van der Waals surface area contributed by atoms with Gasteiger partial charge in [0, 0.05) is 16.7 Å². The molecule has 41 heavy (non-hydrogen) atoms. The molecule has 0 N–H and O–H groups in total. The first-order valence-electron chi connectivity index (χ1n) is 13.7. The molecular weight excluding hydrogens is 520 g/mol. The minimum Gasteiger partial charge on any atom is -0.241 e. The summed E-state index contributed by atoms with van der Waals surface area (Å²) in [5, 5.41) is 1.17. The maximum Gasteiger partial charge on any atom is 0.164 e. The number of rotatable bonds is 6. The van der Waals surface area contributed by atoms with E-state index in [-0.39, 0.29) is 0 Å². The van der Waals surface area contributed by atoms with E-state index in [2.05, 4.69) is 97.9 Å². The first-order valence-corrected chi connectivity index (χ1v) is 14.5. The molecule has 0 amide bonds. The van der Waals surface area contributed by atoms with Gasteiger partial charge < -0.3 is 0 Å². The third-order valence-corrected chi connectivity index (χ3v) is 8.31. The van der Waals surface area contributed by atoms with E-state index in [4.69, 9.17) is 19.9 Å². The van der Waals surface area contributed by atoms with Gasteiger partial charge in [-0.2, -0.15) is 0 Å². The molecular formula is C36H26N4S. The van der Waals surface area contributed by atoms with Gasteiger partial charge in [-0.25, -0.2) is 19.9 Å². The average Bonchev–Trinajstić information content (AvgIpc) is 3.48. The Morgan fingerprint density at radius 1 is 0.439 bits per heavy atom. The standard InChI is InChI=1S/C36H26N4S/c1-2-33-37-31-23-30(21-22-32(31)41-33)26-15-19-29(20-16-26)36-39-34(27-11-7-4-8-12-27)38-35(40-36)28-17-13-25(14-18-28)24-9-5-3-6-10-24/h3-23H,2H2,1H3. The molecule has 0 unspecified atom stereocenters. The number of aromatic nitrogens is 4. The number of benzene rings is 5. The van der Waals surface area contributed by atoms with E-state index in [1.165, 1.54) is 15.3 Å². The molecule has 0 aliphatic rings. The molecule has 196 valence electrons. The van der Waals surface area contributed by atoms with Gasteiger partial charge >= 0.3 is 0 Å². The lowest BCUT2D eigenvalue weighted by atomic mass is 10.0. The summed E-state index contributed by atoms with van der Waals surface area (Å²) < 4.78 is 1.23. The van der Waals surface area contributed by atoms with Gasteiger partial charge in [-0.05, 0) is 40.8 Å². The van der Waals surface area contributed by atoms with Crippen LogP contribution in [0, 0.1) is 0 Å². The zero-order valence-corrected chi connectivity index (χ0v) is 23.3. The average molecular weight is 547 g/mol. The predicted octanol–water partition coefficient (Wildman–Crippen LogP) is 9.38. The van der Waals surface area contributed by atoms with Crippen LogP contribution in [0.4, 0.5) is 0 Å². The van der Waals surface area contributed by atoms with E-state index in [1.54, 1.807) is 11.3 Å². The zero-order valence-electron chi connectivity index (χ0n) is 22.5. The van der Waals surface area contributed by atoms with Gasteiger partial charge in [-0.15, -0.1) is 11.3 Å². The summed E-state index contributed by atoms with van der Waals surface area (Å²) in [4.78, 5) is 19.5. The minimum atomic E-state index is 0.648. The van der Waals surface area contributed by atoms with Crippen LogP contribution >= 0.6 is 11.3 Å². The summed E-state index contributed by atoms with van der Waals surface area (Å²) in [6.07, 6.45) is 0.958. The summed E-state index contributed by atoms with van der Waals surface area (Å²) in [6.45, 7) is 2.15. The Hall–Kier alpha value is -5.00. The molecule has 0 radical (unpaired) electrons. The number of nitrogens with zero attached hydrogens (tertiary/aromatic N) is 4. The number of hydrogen-bond acceptors (Lipinski definition) is 5. The van der Waals surface area contributed by atoms with Crippen LogP contribution in [0.5, 0.6) is 0 Å². The van der Waals surface area contributed by atoms with Crippen LogP contribution in [0.15, 0.2) is 127 Å². The molecule has 4 nitrogen and oxygen atoms in total. The fourth-order valence-corrected chi connectivity index (χ4v) is 5.80. The van der Waals surface area contributed by atoms with Crippen molar-refractivity contribution in [3.05, 3.63) is 132 Å². The molecule has 5 aromatic carbocycles. The Labute approximate surface area is 243 Å². The van der Waals surface area contributed by atoms with Crippen molar-refractivity contribution in [2.75, 3.05) is 0 Å². The molecule has 0 fully saturated rings. The second kappa shape index (κ2) is 10.9. The van der Waals surface area contributed by atoms with Crippen molar-refractivity contribution in [1.82, 2.24) is 19.9 Å². The van der Waals surface area contributed by atoms with E-state index in [0.717, 1.165) is 45.3 Å². The maximum atomic E-state index is 4.93. The predicted molar refractivity (Wildman–Crippen MR) is 170 cm³/mol. The molecule has 2 heterocycles. The molecule has 0 aliphatic carbocycles. The molecule has 0 bridgehead atoms. The number of hydrogen-bond donors (Lipinski definition) is 0. The topological polar surface area (TPSA) is 51.6 Å². The van der Waals surface area contributed by atoms with Gasteiger partial charge in [0.2, 0.25) is 0 Å². The van der Waals surface area contributed by atoms with Crippen LogP contribution in [0.2, 0.25) is 0 Å². The SMILES string of the molecule is CCc1nc2cc(-c3ccc(-c4nc(-c5ccccc5)nc(-c5ccc(-c6ccccc6)cc5)n4)cc3)ccc2s1. The van der Waals surface area contributed by atoms with Gasteiger partial charge in [0.15, 0.2) is 17.5 Å². The molecule has 0 saturated heterocycles. The van der Waals surface area contributed by atoms with Gasteiger partial charge in [0.05, 0.1) is 15.2 Å².